The summed E-state index contributed by atoms with van der Waals surface area (Å²) in [5, 5.41) is 6.75. The molecule has 5 heteroatoms. The van der Waals surface area contributed by atoms with Gasteiger partial charge in [0.2, 0.25) is 0 Å². The molecule has 1 aromatic carbocycles. The van der Waals surface area contributed by atoms with Crippen molar-refractivity contribution >= 4 is 29.9 Å². The first kappa shape index (κ1) is 20.2. The molecule has 2 atom stereocenters. The average molecular weight is 431 g/mol. The number of ether oxygens (including phenoxy) is 1. The van der Waals surface area contributed by atoms with E-state index in [-0.39, 0.29) is 35.6 Å². The van der Waals surface area contributed by atoms with Gasteiger partial charge in [-0.2, -0.15) is 0 Å². The van der Waals surface area contributed by atoms with Gasteiger partial charge in [-0.1, -0.05) is 30.3 Å². The molecule has 2 rings (SSSR count). The number of nitrogens with one attached hydrogen (secondary N) is 2. The van der Waals surface area contributed by atoms with Crippen LogP contribution in [0.5, 0.6) is 0 Å². The summed E-state index contributed by atoms with van der Waals surface area (Å²) in [6, 6.07) is 10.5. The van der Waals surface area contributed by atoms with E-state index in [4.69, 9.17) is 9.73 Å². The molecule has 130 valence electrons. The lowest BCUT2D eigenvalue weighted by molar-refractivity contribution is 0.0925. The normalized spacial score (nSPS) is 21.7. The van der Waals surface area contributed by atoms with Crippen molar-refractivity contribution in [3.8, 4) is 0 Å². The van der Waals surface area contributed by atoms with Crippen LogP contribution in [0.3, 0.4) is 0 Å². The number of nitrogens with zero attached hydrogens (tertiary/aromatic N) is 1. The molecule has 2 N–H and O–H groups in total. The van der Waals surface area contributed by atoms with Gasteiger partial charge in [0.15, 0.2) is 5.96 Å². The predicted molar refractivity (Wildman–Crippen MR) is 108 cm³/mol. The second-order valence-electron chi connectivity index (χ2n) is 6.85. The summed E-state index contributed by atoms with van der Waals surface area (Å²) >= 11 is 0. The van der Waals surface area contributed by atoms with E-state index in [0.29, 0.717) is 5.92 Å². The van der Waals surface area contributed by atoms with Gasteiger partial charge >= 0.3 is 0 Å². The first-order valence-corrected chi connectivity index (χ1v) is 8.22. The lowest BCUT2D eigenvalue weighted by Crippen LogP contribution is -2.47. The maximum absolute atomic E-state index is 5.93. The van der Waals surface area contributed by atoms with Crippen LogP contribution >= 0.6 is 24.0 Å². The summed E-state index contributed by atoms with van der Waals surface area (Å²) in [5.74, 6) is 1.33. The van der Waals surface area contributed by atoms with Crippen LogP contribution in [0.15, 0.2) is 35.3 Å². The summed E-state index contributed by atoms with van der Waals surface area (Å²) in [7, 11) is 0. The third-order valence-electron chi connectivity index (χ3n) is 3.66. The van der Waals surface area contributed by atoms with Gasteiger partial charge in [0.05, 0.1) is 6.10 Å². The van der Waals surface area contributed by atoms with E-state index in [9.17, 15) is 0 Å². The molecule has 1 aliphatic rings. The van der Waals surface area contributed by atoms with E-state index in [1.165, 1.54) is 5.56 Å². The van der Waals surface area contributed by atoms with E-state index in [1.54, 1.807) is 0 Å². The molecule has 1 saturated heterocycles. The number of aliphatic imine (C=N–C) groups is 1. The Morgan fingerprint density at radius 2 is 1.96 bits per heavy atom. The number of rotatable bonds is 4. The van der Waals surface area contributed by atoms with Gasteiger partial charge in [0, 0.05) is 31.2 Å². The number of benzene rings is 1. The molecule has 0 radical (unpaired) electrons. The standard InChI is InChI=1S/C18H29N3O.HI/c1-5-19-17(21-18(2,3)4)20-13-15-11-12-22-16(15)14-9-7-6-8-10-14;/h6-10,15-16H,5,11-13H2,1-4H3,(H2,19,20,21);1H. The van der Waals surface area contributed by atoms with Crippen LogP contribution in [0.1, 0.15) is 45.8 Å². The van der Waals surface area contributed by atoms with Gasteiger partial charge in [-0.25, -0.2) is 0 Å². The van der Waals surface area contributed by atoms with Crippen LogP contribution in [-0.4, -0.2) is 31.2 Å². The van der Waals surface area contributed by atoms with E-state index in [1.807, 2.05) is 6.07 Å². The summed E-state index contributed by atoms with van der Waals surface area (Å²) in [6.07, 6.45) is 1.24. The van der Waals surface area contributed by atoms with Crippen LogP contribution in [-0.2, 0) is 4.74 Å². The van der Waals surface area contributed by atoms with Gasteiger partial charge in [-0.05, 0) is 39.7 Å². The van der Waals surface area contributed by atoms with Crippen LogP contribution in [0, 0.1) is 5.92 Å². The zero-order valence-corrected chi connectivity index (χ0v) is 17.0. The lowest BCUT2D eigenvalue weighted by atomic mass is 9.95. The maximum atomic E-state index is 5.93. The molecule has 1 heterocycles. The molecule has 0 bridgehead atoms. The molecular formula is C18H30IN3O. The summed E-state index contributed by atoms with van der Waals surface area (Å²) in [4.78, 5) is 4.77. The Kier molecular flexibility index (Phi) is 8.33. The van der Waals surface area contributed by atoms with Gasteiger partial charge < -0.3 is 15.4 Å². The van der Waals surface area contributed by atoms with Gasteiger partial charge in [0.25, 0.3) is 0 Å². The van der Waals surface area contributed by atoms with Crippen molar-refractivity contribution in [3.05, 3.63) is 35.9 Å². The Labute approximate surface area is 157 Å². The fourth-order valence-corrected chi connectivity index (χ4v) is 2.70. The van der Waals surface area contributed by atoms with Crippen molar-refractivity contribution in [2.24, 2.45) is 10.9 Å². The largest absolute Gasteiger partial charge is 0.373 e. The van der Waals surface area contributed by atoms with E-state index in [0.717, 1.165) is 32.1 Å². The zero-order chi connectivity index (χ0) is 16.0. The SMILES string of the molecule is CCNC(=NCC1CCOC1c1ccccc1)NC(C)(C)C.I. The van der Waals surface area contributed by atoms with E-state index in [2.05, 4.69) is 62.6 Å². The Morgan fingerprint density at radius 3 is 2.57 bits per heavy atom. The van der Waals surface area contributed by atoms with Crippen LogP contribution in [0.2, 0.25) is 0 Å². The van der Waals surface area contributed by atoms with Crippen molar-refractivity contribution in [2.45, 2.75) is 45.8 Å². The molecule has 1 fully saturated rings. The minimum Gasteiger partial charge on any atom is -0.373 e. The maximum Gasteiger partial charge on any atom is 0.191 e. The molecule has 1 aliphatic heterocycles. The third-order valence-corrected chi connectivity index (χ3v) is 3.66. The van der Waals surface area contributed by atoms with Crippen LogP contribution in [0.25, 0.3) is 0 Å². The molecule has 1 aromatic rings. The van der Waals surface area contributed by atoms with Gasteiger partial charge in [-0.15, -0.1) is 24.0 Å². The van der Waals surface area contributed by atoms with Crippen LogP contribution < -0.4 is 10.6 Å². The molecule has 0 aliphatic carbocycles. The number of hydrogen-bond acceptors (Lipinski definition) is 2. The smallest absolute Gasteiger partial charge is 0.191 e. The first-order valence-electron chi connectivity index (χ1n) is 8.22. The Balaban J connectivity index is 0.00000264. The van der Waals surface area contributed by atoms with Gasteiger partial charge in [0.1, 0.15) is 0 Å². The monoisotopic (exact) mass is 431 g/mol. The Hall–Kier alpha value is -0.820. The van der Waals surface area contributed by atoms with Crippen molar-refractivity contribution < 1.29 is 4.74 Å². The topological polar surface area (TPSA) is 45.7 Å². The fourth-order valence-electron chi connectivity index (χ4n) is 2.70. The summed E-state index contributed by atoms with van der Waals surface area (Å²) in [6.45, 7) is 11.0. The highest BCUT2D eigenvalue weighted by Crippen LogP contribution is 2.34. The molecule has 2 unspecified atom stereocenters. The van der Waals surface area contributed by atoms with Crippen molar-refractivity contribution in [1.82, 2.24) is 10.6 Å². The highest BCUT2D eigenvalue weighted by molar-refractivity contribution is 14.0. The summed E-state index contributed by atoms with van der Waals surface area (Å²) in [5.41, 5.74) is 1.26. The fraction of sp³-hybridized carbons (Fsp3) is 0.611. The first-order chi connectivity index (χ1) is 10.5. The number of hydrogen-bond donors (Lipinski definition) is 2. The highest BCUT2D eigenvalue weighted by atomic mass is 127. The molecular weight excluding hydrogens is 401 g/mol. The van der Waals surface area contributed by atoms with Crippen LogP contribution in [0.4, 0.5) is 0 Å². The second-order valence-corrected chi connectivity index (χ2v) is 6.85. The Bertz CT molecular complexity index is 485. The highest BCUT2D eigenvalue weighted by Gasteiger charge is 2.29. The van der Waals surface area contributed by atoms with E-state index >= 15 is 0 Å². The average Bonchev–Trinajstić information content (AvgIpc) is 2.93. The molecule has 0 aromatic heterocycles. The number of halogens is 1. The second kappa shape index (κ2) is 9.47. The third kappa shape index (κ3) is 6.67. The quantitative estimate of drug-likeness (QED) is 0.434. The Morgan fingerprint density at radius 1 is 1.26 bits per heavy atom. The molecule has 0 saturated carbocycles. The minimum atomic E-state index is 0. The molecule has 23 heavy (non-hydrogen) atoms. The van der Waals surface area contributed by atoms with Crippen molar-refractivity contribution in [1.29, 1.82) is 0 Å². The predicted octanol–water partition coefficient (Wildman–Crippen LogP) is 3.74. The van der Waals surface area contributed by atoms with Gasteiger partial charge in [-0.3, -0.25) is 4.99 Å². The number of guanidine groups is 1. The van der Waals surface area contributed by atoms with E-state index < -0.39 is 0 Å². The molecule has 4 nitrogen and oxygen atoms in total. The van der Waals surface area contributed by atoms with Crippen molar-refractivity contribution in [3.63, 3.8) is 0 Å². The van der Waals surface area contributed by atoms with Crippen molar-refractivity contribution in [2.75, 3.05) is 19.7 Å². The summed E-state index contributed by atoms with van der Waals surface area (Å²) < 4.78 is 5.93. The zero-order valence-electron chi connectivity index (χ0n) is 14.6. The molecule has 0 spiro atoms. The minimum absolute atomic E-state index is 0. The molecule has 0 amide bonds. The lowest BCUT2D eigenvalue weighted by Gasteiger charge is -2.24.